The fraction of sp³-hybridized carbons (Fsp3) is 0.154. The third-order valence-electron chi connectivity index (χ3n) is 2.53. The van der Waals surface area contributed by atoms with Crippen molar-refractivity contribution >= 4 is 27.3 Å². The van der Waals surface area contributed by atoms with Gasteiger partial charge < -0.3 is 10.6 Å². The van der Waals surface area contributed by atoms with E-state index >= 15 is 0 Å². The third kappa shape index (κ3) is 2.97. The van der Waals surface area contributed by atoms with E-state index in [0.717, 1.165) is 22.4 Å². The summed E-state index contributed by atoms with van der Waals surface area (Å²) in [4.78, 5) is 6.21. The largest absolute Gasteiger partial charge is 0.399 e. The second-order valence-electron chi connectivity index (χ2n) is 3.93. The third-order valence-corrected chi connectivity index (χ3v) is 3.14. The summed E-state index contributed by atoms with van der Waals surface area (Å²) in [5.74, 6) is 0. The molecule has 0 amide bonds. The highest BCUT2D eigenvalue weighted by Gasteiger charge is 2.05. The number of hydrogen-bond acceptors (Lipinski definition) is 3. The van der Waals surface area contributed by atoms with Crippen LogP contribution in [-0.2, 0) is 6.54 Å². The van der Waals surface area contributed by atoms with E-state index in [1.807, 2.05) is 31.3 Å². The van der Waals surface area contributed by atoms with Gasteiger partial charge in [-0.1, -0.05) is 12.1 Å². The molecule has 17 heavy (non-hydrogen) atoms. The topological polar surface area (TPSA) is 42.1 Å². The lowest BCUT2D eigenvalue weighted by atomic mass is 10.2. The standard InChI is InChI=1S/C13H14BrN3/c1-17(13-5-6-16-8-12(13)14)9-10-3-2-4-11(15)7-10/h2-8H,9,15H2,1H3. The minimum atomic E-state index is 0.796. The Morgan fingerprint density at radius 3 is 2.88 bits per heavy atom. The van der Waals surface area contributed by atoms with Gasteiger partial charge in [-0.05, 0) is 39.7 Å². The van der Waals surface area contributed by atoms with Gasteiger partial charge in [-0.3, -0.25) is 4.98 Å². The number of aromatic nitrogens is 1. The Balaban J connectivity index is 2.17. The van der Waals surface area contributed by atoms with Crippen LogP contribution in [-0.4, -0.2) is 12.0 Å². The molecule has 2 N–H and O–H groups in total. The summed E-state index contributed by atoms with van der Waals surface area (Å²) in [6.07, 6.45) is 3.58. The number of nitrogen functional groups attached to an aromatic ring is 1. The number of nitrogens with zero attached hydrogens (tertiary/aromatic N) is 2. The number of nitrogens with two attached hydrogens (primary N) is 1. The number of hydrogen-bond donors (Lipinski definition) is 1. The molecule has 0 radical (unpaired) electrons. The summed E-state index contributed by atoms with van der Waals surface area (Å²) in [6, 6.07) is 9.91. The Bertz CT molecular complexity index is 514. The highest BCUT2D eigenvalue weighted by molar-refractivity contribution is 9.10. The molecule has 88 valence electrons. The molecule has 1 aromatic carbocycles. The average Bonchev–Trinajstić information content (AvgIpc) is 2.29. The van der Waals surface area contributed by atoms with Crippen LogP contribution in [0.4, 0.5) is 11.4 Å². The van der Waals surface area contributed by atoms with E-state index in [1.54, 1.807) is 12.4 Å². The van der Waals surface area contributed by atoms with Crippen LogP contribution in [0.15, 0.2) is 47.2 Å². The Morgan fingerprint density at radius 1 is 1.35 bits per heavy atom. The lowest BCUT2D eigenvalue weighted by Gasteiger charge is -2.20. The number of benzene rings is 1. The second-order valence-corrected chi connectivity index (χ2v) is 4.78. The first-order valence-corrected chi connectivity index (χ1v) is 6.11. The van der Waals surface area contributed by atoms with Crippen LogP contribution in [0.1, 0.15) is 5.56 Å². The van der Waals surface area contributed by atoms with Gasteiger partial charge in [0.2, 0.25) is 0 Å². The molecule has 0 saturated heterocycles. The summed E-state index contributed by atoms with van der Waals surface area (Å²) < 4.78 is 0.992. The Hall–Kier alpha value is -1.55. The Labute approximate surface area is 109 Å². The molecule has 3 nitrogen and oxygen atoms in total. The van der Waals surface area contributed by atoms with Crippen molar-refractivity contribution < 1.29 is 0 Å². The molecule has 0 aliphatic carbocycles. The number of pyridine rings is 1. The van der Waals surface area contributed by atoms with E-state index in [2.05, 4.69) is 31.9 Å². The molecule has 0 aliphatic heterocycles. The molecule has 0 atom stereocenters. The van der Waals surface area contributed by atoms with Crippen LogP contribution in [0.3, 0.4) is 0 Å². The Morgan fingerprint density at radius 2 is 2.18 bits per heavy atom. The van der Waals surface area contributed by atoms with Crippen molar-refractivity contribution in [2.75, 3.05) is 17.7 Å². The predicted octanol–water partition coefficient (Wildman–Crippen LogP) is 3.06. The van der Waals surface area contributed by atoms with Crippen molar-refractivity contribution in [3.05, 3.63) is 52.8 Å². The molecule has 1 aromatic heterocycles. The van der Waals surface area contributed by atoms with Gasteiger partial charge in [0, 0.05) is 31.7 Å². The maximum atomic E-state index is 5.77. The molecule has 0 spiro atoms. The van der Waals surface area contributed by atoms with Gasteiger partial charge >= 0.3 is 0 Å². The molecule has 1 heterocycles. The molecule has 0 aliphatic rings. The fourth-order valence-corrected chi connectivity index (χ4v) is 2.28. The van der Waals surface area contributed by atoms with Crippen LogP contribution in [0.25, 0.3) is 0 Å². The van der Waals surface area contributed by atoms with Gasteiger partial charge in [-0.25, -0.2) is 0 Å². The van der Waals surface area contributed by atoms with Crippen molar-refractivity contribution in [1.29, 1.82) is 0 Å². The minimum absolute atomic E-state index is 0.796. The van der Waals surface area contributed by atoms with Crippen LogP contribution < -0.4 is 10.6 Å². The smallest absolute Gasteiger partial charge is 0.0592 e. The molecule has 0 bridgehead atoms. The van der Waals surface area contributed by atoms with E-state index in [9.17, 15) is 0 Å². The lowest BCUT2D eigenvalue weighted by molar-refractivity contribution is 0.918. The summed E-state index contributed by atoms with van der Waals surface area (Å²) in [5.41, 5.74) is 8.87. The fourth-order valence-electron chi connectivity index (χ4n) is 1.73. The van der Waals surface area contributed by atoms with Gasteiger partial charge in [0.1, 0.15) is 0 Å². The maximum Gasteiger partial charge on any atom is 0.0592 e. The van der Waals surface area contributed by atoms with Crippen LogP contribution >= 0.6 is 15.9 Å². The predicted molar refractivity (Wildman–Crippen MR) is 74.9 cm³/mol. The first-order chi connectivity index (χ1) is 8.16. The van der Waals surface area contributed by atoms with Crippen LogP contribution in [0.5, 0.6) is 0 Å². The zero-order chi connectivity index (χ0) is 12.3. The minimum Gasteiger partial charge on any atom is -0.399 e. The van der Waals surface area contributed by atoms with Gasteiger partial charge in [0.05, 0.1) is 10.2 Å². The van der Waals surface area contributed by atoms with Crippen molar-refractivity contribution in [2.24, 2.45) is 0 Å². The quantitative estimate of drug-likeness (QED) is 0.884. The van der Waals surface area contributed by atoms with Gasteiger partial charge in [0.15, 0.2) is 0 Å². The molecule has 2 aromatic rings. The highest BCUT2D eigenvalue weighted by Crippen LogP contribution is 2.25. The molecule has 0 fully saturated rings. The first kappa shape index (κ1) is 11.9. The van der Waals surface area contributed by atoms with Gasteiger partial charge in [-0.15, -0.1) is 0 Å². The van der Waals surface area contributed by atoms with E-state index < -0.39 is 0 Å². The van der Waals surface area contributed by atoms with E-state index in [0.29, 0.717) is 0 Å². The second kappa shape index (κ2) is 5.19. The number of rotatable bonds is 3. The van der Waals surface area contributed by atoms with Crippen molar-refractivity contribution in [3.8, 4) is 0 Å². The summed E-state index contributed by atoms with van der Waals surface area (Å²) >= 11 is 3.50. The highest BCUT2D eigenvalue weighted by atomic mass is 79.9. The van der Waals surface area contributed by atoms with Gasteiger partial charge in [0.25, 0.3) is 0 Å². The molecule has 4 heteroatoms. The van der Waals surface area contributed by atoms with E-state index in [4.69, 9.17) is 5.73 Å². The normalized spacial score (nSPS) is 10.2. The molecule has 0 unspecified atom stereocenters. The zero-order valence-corrected chi connectivity index (χ0v) is 11.2. The Kier molecular flexibility index (Phi) is 3.64. The monoisotopic (exact) mass is 291 g/mol. The van der Waals surface area contributed by atoms with Crippen LogP contribution in [0.2, 0.25) is 0 Å². The van der Waals surface area contributed by atoms with E-state index in [-0.39, 0.29) is 0 Å². The number of anilines is 2. The first-order valence-electron chi connectivity index (χ1n) is 5.32. The summed E-state index contributed by atoms with van der Waals surface area (Å²) in [6.45, 7) is 0.813. The van der Waals surface area contributed by atoms with Crippen LogP contribution in [0, 0.1) is 0 Å². The SMILES string of the molecule is CN(Cc1cccc(N)c1)c1ccncc1Br. The molecule has 2 rings (SSSR count). The summed E-state index contributed by atoms with van der Waals surface area (Å²) in [7, 11) is 2.04. The molecule has 0 saturated carbocycles. The lowest BCUT2D eigenvalue weighted by Crippen LogP contribution is -2.16. The van der Waals surface area contributed by atoms with Crippen molar-refractivity contribution in [3.63, 3.8) is 0 Å². The average molecular weight is 292 g/mol. The van der Waals surface area contributed by atoms with Gasteiger partial charge in [-0.2, -0.15) is 0 Å². The number of halogens is 1. The molecular weight excluding hydrogens is 278 g/mol. The van der Waals surface area contributed by atoms with Crippen molar-refractivity contribution in [1.82, 2.24) is 4.98 Å². The molecular formula is C13H14BrN3. The van der Waals surface area contributed by atoms with E-state index in [1.165, 1.54) is 5.56 Å². The zero-order valence-electron chi connectivity index (χ0n) is 9.60. The maximum absolute atomic E-state index is 5.77. The summed E-state index contributed by atoms with van der Waals surface area (Å²) in [5, 5.41) is 0. The van der Waals surface area contributed by atoms with Crippen molar-refractivity contribution in [2.45, 2.75) is 6.54 Å².